The molecule has 0 spiro atoms. The van der Waals surface area contributed by atoms with E-state index in [4.69, 9.17) is 14.2 Å². The van der Waals surface area contributed by atoms with E-state index in [-0.39, 0.29) is 5.91 Å². The first-order chi connectivity index (χ1) is 11.5. The maximum absolute atomic E-state index is 12.4. The number of para-hydroxylation sites is 1. The van der Waals surface area contributed by atoms with E-state index in [1.807, 2.05) is 32.0 Å². The Kier molecular flexibility index (Phi) is 4.60. The van der Waals surface area contributed by atoms with Crippen molar-refractivity contribution in [3.05, 3.63) is 47.5 Å². The van der Waals surface area contributed by atoms with Crippen LogP contribution in [0.5, 0.6) is 17.2 Å². The molecule has 1 N–H and O–H groups in total. The lowest BCUT2D eigenvalue weighted by Gasteiger charge is -2.20. The van der Waals surface area contributed by atoms with E-state index in [1.165, 1.54) is 0 Å². The second-order valence-corrected chi connectivity index (χ2v) is 5.82. The number of carbonyl (C=O) groups excluding carboxylic acids is 1. The van der Waals surface area contributed by atoms with Crippen LogP contribution in [0.25, 0.3) is 0 Å². The van der Waals surface area contributed by atoms with Gasteiger partial charge in [-0.3, -0.25) is 4.79 Å². The molecule has 1 heterocycles. The normalized spacial score (nSPS) is 14.0. The van der Waals surface area contributed by atoms with Crippen LogP contribution in [0, 0.1) is 13.8 Å². The number of rotatable bonds is 4. The fraction of sp³-hybridized carbons (Fsp3) is 0.316. The molecule has 1 unspecified atom stereocenters. The van der Waals surface area contributed by atoms with Gasteiger partial charge in [-0.1, -0.05) is 18.2 Å². The molecule has 1 atom stereocenters. The summed E-state index contributed by atoms with van der Waals surface area (Å²) in [6.45, 7) is 6.71. The number of benzene rings is 2. The molecule has 5 heteroatoms. The molecule has 5 nitrogen and oxygen atoms in total. The maximum atomic E-state index is 12.4. The summed E-state index contributed by atoms with van der Waals surface area (Å²) in [5.41, 5.74) is 2.88. The molecule has 0 saturated heterocycles. The van der Waals surface area contributed by atoms with Crippen LogP contribution in [0.2, 0.25) is 0 Å². The van der Waals surface area contributed by atoms with Gasteiger partial charge in [-0.05, 0) is 44.0 Å². The number of nitrogens with one attached hydrogen (secondary N) is 1. The number of carbonyl (C=O) groups is 1. The molecule has 0 bridgehead atoms. The summed E-state index contributed by atoms with van der Waals surface area (Å²) < 4.78 is 16.8. The van der Waals surface area contributed by atoms with E-state index in [1.54, 1.807) is 25.1 Å². The van der Waals surface area contributed by atoms with Crippen molar-refractivity contribution in [3.63, 3.8) is 0 Å². The summed E-state index contributed by atoms with van der Waals surface area (Å²) in [5.74, 6) is 1.72. The van der Waals surface area contributed by atoms with E-state index in [9.17, 15) is 4.79 Å². The van der Waals surface area contributed by atoms with Crippen molar-refractivity contribution in [2.45, 2.75) is 26.9 Å². The fourth-order valence-corrected chi connectivity index (χ4v) is 2.59. The third kappa shape index (κ3) is 3.45. The Morgan fingerprint density at radius 3 is 2.46 bits per heavy atom. The van der Waals surface area contributed by atoms with Crippen molar-refractivity contribution >= 4 is 11.6 Å². The molecule has 1 aliphatic heterocycles. The number of fused-ring (bicyclic) bond motifs is 1. The van der Waals surface area contributed by atoms with Crippen LogP contribution in [0.4, 0.5) is 5.69 Å². The van der Waals surface area contributed by atoms with E-state index in [0.717, 1.165) is 16.8 Å². The molecule has 1 amide bonds. The molecule has 2 aromatic rings. The van der Waals surface area contributed by atoms with Gasteiger partial charge < -0.3 is 19.5 Å². The zero-order valence-corrected chi connectivity index (χ0v) is 14.1. The standard InChI is InChI=1S/C19H21NO4/c1-12-5-4-6-13(2)18(12)20-19(21)14(3)24-15-7-8-16-17(11-15)23-10-9-22-16/h4-8,11,14H,9-10H2,1-3H3,(H,20,21). The fourth-order valence-electron chi connectivity index (χ4n) is 2.59. The van der Waals surface area contributed by atoms with Gasteiger partial charge in [0.1, 0.15) is 19.0 Å². The number of ether oxygens (including phenoxy) is 3. The number of anilines is 1. The van der Waals surface area contributed by atoms with Crippen molar-refractivity contribution < 1.29 is 19.0 Å². The highest BCUT2D eigenvalue weighted by Crippen LogP contribution is 2.34. The molecule has 126 valence electrons. The Hall–Kier alpha value is -2.69. The summed E-state index contributed by atoms with van der Waals surface area (Å²) in [5, 5.41) is 2.94. The Labute approximate surface area is 141 Å². The van der Waals surface area contributed by atoms with Gasteiger partial charge in [-0.2, -0.15) is 0 Å². The monoisotopic (exact) mass is 327 g/mol. The van der Waals surface area contributed by atoms with Crippen molar-refractivity contribution in [1.82, 2.24) is 0 Å². The van der Waals surface area contributed by atoms with Gasteiger partial charge in [-0.25, -0.2) is 0 Å². The highest BCUT2D eigenvalue weighted by molar-refractivity contribution is 5.95. The highest BCUT2D eigenvalue weighted by atomic mass is 16.6. The van der Waals surface area contributed by atoms with Crippen LogP contribution in [0.3, 0.4) is 0 Å². The summed E-state index contributed by atoms with van der Waals surface area (Å²) in [6, 6.07) is 11.2. The van der Waals surface area contributed by atoms with Crippen LogP contribution >= 0.6 is 0 Å². The molecular formula is C19H21NO4. The van der Waals surface area contributed by atoms with Crippen molar-refractivity contribution in [2.75, 3.05) is 18.5 Å². The SMILES string of the molecule is Cc1cccc(C)c1NC(=O)C(C)Oc1ccc2c(c1)OCCO2. The minimum atomic E-state index is -0.633. The average Bonchev–Trinajstić information content (AvgIpc) is 2.58. The first-order valence-electron chi connectivity index (χ1n) is 7.98. The van der Waals surface area contributed by atoms with E-state index < -0.39 is 6.10 Å². The second-order valence-electron chi connectivity index (χ2n) is 5.82. The minimum absolute atomic E-state index is 0.192. The Balaban J connectivity index is 1.68. The summed E-state index contributed by atoms with van der Waals surface area (Å²) in [6.07, 6.45) is -0.633. The largest absolute Gasteiger partial charge is 0.486 e. The van der Waals surface area contributed by atoms with Gasteiger partial charge in [-0.15, -0.1) is 0 Å². The predicted molar refractivity (Wildman–Crippen MR) is 92.1 cm³/mol. The Morgan fingerprint density at radius 1 is 1.08 bits per heavy atom. The first kappa shape index (κ1) is 16.2. The third-order valence-corrected chi connectivity index (χ3v) is 3.93. The minimum Gasteiger partial charge on any atom is -0.486 e. The zero-order chi connectivity index (χ0) is 17.1. The van der Waals surface area contributed by atoms with Crippen LogP contribution in [0.1, 0.15) is 18.1 Å². The Morgan fingerprint density at radius 2 is 1.75 bits per heavy atom. The van der Waals surface area contributed by atoms with Crippen LogP contribution in [-0.4, -0.2) is 25.2 Å². The first-order valence-corrected chi connectivity index (χ1v) is 7.98. The third-order valence-electron chi connectivity index (χ3n) is 3.93. The van der Waals surface area contributed by atoms with Gasteiger partial charge >= 0.3 is 0 Å². The van der Waals surface area contributed by atoms with E-state index in [2.05, 4.69) is 5.32 Å². The number of aryl methyl sites for hydroxylation is 2. The van der Waals surface area contributed by atoms with Crippen LogP contribution < -0.4 is 19.5 Å². The molecule has 0 fully saturated rings. The van der Waals surface area contributed by atoms with Gasteiger partial charge in [0.2, 0.25) is 0 Å². The molecule has 0 saturated carbocycles. The van der Waals surface area contributed by atoms with Crippen molar-refractivity contribution in [2.24, 2.45) is 0 Å². The number of hydrogen-bond donors (Lipinski definition) is 1. The molecule has 2 aromatic carbocycles. The van der Waals surface area contributed by atoms with Crippen molar-refractivity contribution in [3.8, 4) is 17.2 Å². The number of amides is 1. The molecule has 0 aromatic heterocycles. The molecule has 24 heavy (non-hydrogen) atoms. The lowest BCUT2D eigenvalue weighted by molar-refractivity contribution is -0.122. The van der Waals surface area contributed by atoms with Gasteiger partial charge in [0, 0.05) is 11.8 Å². The van der Waals surface area contributed by atoms with Crippen LogP contribution in [-0.2, 0) is 4.79 Å². The summed E-state index contributed by atoms with van der Waals surface area (Å²) in [7, 11) is 0. The molecule has 0 aliphatic carbocycles. The molecule has 1 aliphatic rings. The molecule has 3 rings (SSSR count). The second kappa shape index (κ2) is 6.83. The summed E-state index contributed by atoms with van der Waals surface area (Å²) >= 11 is 0. The molecular weight excluding hydrogens is 306 g/mol. The van der Waals surface area contributed by atoms with Gasteiger partial charge in [0.25, 0.3) is 5.91 Å². The Bertz CT molecular complexity index is 737. The maximum Gasteiger partial charge on any atom is 0.265 e. The van der Waals surface area contributed by atoms with Crippen LogP contribution in [0.15, 0.2) is 36.4 Å². The summed E-state index contributed by atoms with van der Waals surface area (Å²) in [4.78, 5) is 12.4. The smallest absolute Gasteiger partial charge is 0.265 e. The highest BCUT2D eigenvalue weighted by Gasteiger charge is 2.18. The lowest BCUT2D eigenvalue weighted by Crippen LogP contribution is -2.30. The molecule has 0 radical (unpaired) electrons. The quantitative estimate of drug-likeness (QED) is 0.934. The zero-order valence-electron chi connectivity index (χ0n) is 14.1. The topological polar surface area (TPSA) is 56.8 Å². The average molecular weight is 327 g/mol. The van der Waals surface area contributed by atoms with E-state index >= 15 is 0 Å². The lowest BCUT2D eigenvalue weighted by atomic mass is 10.1. The van der Waals surface area contributed by atoms with Crippen molar-refractivity contribution in [1.29, 1.82) is 0 Å². The van der Waals surface area contributed by atoms with Gasteiger partial charge in [0.15, 0.2) is 17.6 Å². The number of hydrogen-bond acceptors (Lipinski definition) is 4. The van der Waals surface area contributed by atoms with Gasteiger partial charge in [0.05, 0.1) is 0 Å². The predicted octanol–water partition coefficient (Wildman–Crippen LogP) is 3.48. The van der Waals surface area contributed by atoms with E-state index in [0.29, 0.717) is 30.5 Å².